The molecule has 1 atom stereocenters. The second-order valence-electron chi connectivity index (χ2n) is 16.8. The number of hydrogen-bond acceptors (Lipinski definition) is 16. The molecule has 0 saturated carbocycles. The van der Waals surface area contributed by atoms with Gasteiger partial charge in [0.05, 0.1) is 63.9 Å². The lowest BCUT2D eigenvalue weighted by Crippen LogP contribution is -2.45. The van der Waals surface area contributed by atoms with Crippen LogP contribution in [0.3, 0.4) is 0 Å². The summed E-state index contributed by atoms with van der Waals surface area (Å²) in [4.78, 5) is 117. The molecule has 0 spiro atoms. The predicted octanol–water partition coefficient (Wildman–Crippen LogP) is 4.62. The van der Waals surface area contributed by atoms with Gasteiger partial charge in [-0.2, -0.15) is 0 Å². The van der Waals surface area contributed by atoms with E-state index in [0.717, 1.165) is 20.5 Å². The number of benzene rings is 2. The number of carbonyl (C=O) groups excluding carboxylic acids is 8. The highest BCUT2D eigenvalue weighted by atomic mass is 32.1. The van der Waals surface area contributed by atoms with Crippen LogP contribution in [0.15, 0.2) is 60.7 Å². The number of imide groups is 1. The van der Waals surface area contributed by atoms with Crippen LogP contribution in [0.4, 0.5) is 5.69 Å². The average molecular weight is 1010 g/mol. The smallest absolute Gasteiger partial charge is 0.306 e. The van der Waals surface area contributed by atoms with E-state index < -0.39 is 29.8 Å². The van der Waals surface area contributed by atoms with Crippen LogP contribution in [0, 0.1) is 0 Å². The molecule has 0 fully saturated rings. The van der Waals surface area contributed by atoms with Crippen molar-refractivity contribution in [2.45, 2.75) is 90.4 Å². The first-order valence-electron chi connectivity index (χ1n) is 23.2. The maximum absolute atomic E-state index is 13.2. The Bertz CT molecular complexity index is 2700. The number of anilines is 1. The van der Waals surface area contributed by atoms with E-state index in [0.29, 0.717) is 64.8 Å². The molecule has 0 bridgehead atoms. The molecule has 0 radical (unpaired) electrons. The van der Waals surface area contributed by atoms with E-state index in [4.69, 9.17) is 28.8 Å². The third kappa shape index (κ3) is 15.3. The number of esters is 1. The summed E-state index contributed by atoms with van der Waals surface area (Å²) in [5, 5.41) is 17.4. The van der Waals surface area contributed by atoms with Crippen molar-refractivity contribution in [2.24, 2.45) is 0 Å². The van der Waals surface area contributed by atoms with Crippen molar-refractivity contribution in [1.29, 1.82) is 0 Å². The number of thiophene rings is 1. The molecule has 4 heterocycles. The van der Waals surface area contributed by atoms with Crippen molar-refractivity contribution >= 4 is 80.3 Å². The number of ketones is 1. The number of aliphatic carboxylic acids is 1. The number of nitrogens with one attached hydrogen (secondary N) is 3. The number of carbonyl (C=O) groups is 9. The summed E-state index contributed by atoms with van der Waals surface area (Å²) >= 11 is 1.26. The minimum Gasteiger partial charge on any atom is -0.493 e. The fraction of sp³-hybridized carbons (Fsp3) is 0.400. The van der Waals surface area contributed by atoms with Gasteiger partial charge in [0.1, 0.15) is 12.6 Å². The molecule has 2 aliphatic heterocycles. The third-order valence-corrected chi connectivity index (χ3v) is 12.5. The van der Waals surface area contributed by atoms with E-state index in [1.807, 2.05) is 0 Å². The molecule has 2 aromatic heterocycles. The highest BCUT2D eigenvalue weighted by molar-refractivity contribution is 7.20. The summed E-state index contributed by atoms with van der Waals surface area (Å²) in [6, 6.07) is 12.7. The van der Waals surface area contributed by atoms with Gasteiger partial charge in [0.2, 0.25) is 23.6 Å². The number of unbranched alkanes of at least 4 members (excludes halogenated alkanes) is 2. The monoisotopic (exact) mass is 1010 g/mol. The first-order valence-corrected chi connectivity index (χ1v) is 24.0. The first-order chi connectivity index (χ1) is 34.6. The van der Waals surface area contributed by atoms with Crippen LogP contribution < -0.4 is 34.9 Å². The van der Waals surface area contributed by atoms with Crippen molar-refractivity contribution in [3.63, 3.8) is 0 Å². The molecule has 0 aliphatic carbocycles. The van der Waals surface area contributed by atoms with Gasteiger partial charge in [0.15, 0.2) is 23.0 Å². The number of fused-ring (bicyclic) bond motifs is 2. The van der Waals surface area contributed by atoms with Crippen LogP contribution in [0.2, 0.25) is 0 Å². The van der Waals surface area contributed by atoms with Crippen LogP contribution in [0.1, 0.15) is 91.2 Å². The van der Waals surface area contributed by atoms with Gasteiger partial charge in [-0.05, 0) is 66.6 Å². The fourth-order valence-corrected chi connectivity index (χ4v) is 8.49. The Morgan fingerprint density at radius 3 is 2.24 bits per heavy atom. The standard InChI is InChI=1S/C50H56N6O15S/c1-30(52-43(59)26-51-42(58)8-5-4-6-19-56-45(61)14-15-46(56)62)49(66)53-34-11-9-31(10-12-34)29-71-48(65)18-16-44(60)55-27-33-23-39(68-3)50(54-35(33)28-55)70-21-7-20-69-38-22-32-24-41(36(57)13-17-47(63)64)72-40(32)25-37(38)67-2/h9-12,14-15,22-25,30H,4-8,13,16-21,26-29H2,1-3H3,(H,51,58)(H,52,59)(H,53,66)(H,63,64)/t30-/m0/s1. The molecule has 72 heavy (non-hydrogen) atoms. The Balaban J connectivity index is 0.845. The molecule has 6 rings (SSSR count). The SMILES string of the molecule is COc1cc2sc(C(=O)CCC(=O)O)cc2cc1OCCCOc1nc2c(cc1OC)CN(C(=O)CCC(=O)OCc1ccc(NC(=O)[C@H](C)NC(=O)CNC(=O)CCCCCN3C(=O)C=CC3=O)cc1)C2. The number of pyridine rings is 1. The number of carboxylic acid groups (broad SMARTS) is 1. The number of amides is 6. The minimum absolute atomic E-state index is 0.0622. The van der Waals surface area contributed by atoms with Crippen LogP contribution >= 0.6 is 11.3 Å². The van der Waals surface area contributed by atoms with Crippen molar-refractivity contribution < 1.29 is 71.9 Å². The molecular weight excluding hydrogens is 957 g/mol. The van der Waals surface area contributed by atoms with Gasteiger partial charge in [-0.15, -0.1) is 11.3 Å². The van der Waals surface area contributed by atoms with Gasteiger partial charge in [-0.3, -0.25) is 48.1 Å². The van der Waals surface area contributed by atoms with Crippen molar-refractivity contribution in [3.8, 4) is 23.1 Å². The van der Waals surface area contributed by atoms with Crippen LogP contribution in [0.5, 0.6) is 23.1 Å². The number of nitrogens with zero attached hydrogens (tertiary/aromatic N) is 3. The quantitative estimate of drug-likeness (QED) is 0.0262. The summed E-state index contributed by atoms with van der Waals surface area (Å²) in [7, 11) is 3.01. The van der Waals surface area contributed by atoms with Crippen molar-refractivity contribution in [2.75, 3.05) is 45.8 Å². The molecule has 2 aliphatic rings. The van der Waals surface area contributed by atoms with Gasteiger partial charge >= 0.3 is 11.9 Å². The Labute approximate surface area is 418 Å². The van der Waals surface area contributed by atoms with E-state index in [1.165, 1.54) is 44.6 Å². The zero-order valence-electron chi connectivity index (χ0n) is 40.1. The van der Waals surface area contributed by atoms with Crippen LogP contribution in [0.25, 0.3) is 10.1 Å². The van der Waals surface area contributed by atoms with E-state index in [9.17, 15) is 43.2 Å². The van der Waals surface area contributed by atoms with Gasteiger partial charge in [-0.25, -0.2) is 4.98 Å². The molecule has 2 aromatic carbocycles. The summed E-state index contributed by atoms with van der Waals surface area (Å²) in [5.74, 6) is -2.57. The predicted molar refractivity (Wildman–Crippen MR) is 259 cm³/mol. The minimum atomic E-state index is -1.03. The van der Waals surface area contributed by atoms with E-state index >= 15 is 0 Å². The topological polar surface area (TPSA) is 275 Å². The second-order valence-corrected chi connectivity index (χ2v) is 17.8. The van der Waals surface area contributed by atoms with Gasteiger partial charge in [-0.1, -0.05) is 18.6 Å². The number of aromatic nitrogens is 1. The van der Waals surface area contributed by atoms with E-state index in [2.05, 4.69) is 20.9 Å². The number of carboxylic acids is 1. The summed E-state index contributed by atoms with van der Waals surface area (Å²) in [6.07, 6.45) is 4.20. The normalized spacial score (nSPS) is 13.1. The number of rotatable bonds is 28. The molecule has 0 unspecified atom stereocenters. The third-order valence-electron chi connectivity index (χ3n) is 11.4. The molecule has 4 N–H and O–H groups in total. The number of hydrogen-bond donors (Lipinski definition) is 4. The molecule has 22 heteroatoms. The van der Waals surface area contributed by atoms with Crippen LogP contribution in [-0.2, 0) is 62.8 Å². The highest BCUT2D eigenvalue weighted by Crippen LogP contribution is 2.37. The maximum Gasteiger partial charge on any atom is 0.306 e. The fourth-order valence-electron chi connectivity index (χ4n) is 7.45. The van der Waals surface area contributed by atoms with Crippen molar-refractivity contribution in [3.05, 3.63) is 82.4 Å². The molecule has 382 valence electrons. The number of Topliss-reactive ketones (excluding diaryl/α,β-unsaturated/α-hetero) is 1. The second kappa shape index (κ2) is 25.8. The Hall–Kier alpha value is -7.88. The lowest BCUT2D eigenvalue weighted by Gasteiger charge is -2.15. The Morgan fingerprint density at radius 1 is 0.778 bits per heavy atom. The van der Waals surface area contributed by atoms with Crippen LogP contribution in [-0.4, -0.2) is 120 Å². The van der Waals surface area contributed by atoms with Gasteiger partial charge in [0, 0.05) is 67.4 Å². The average Bonchev–Trinajstić information content (AvgIpc) is 4.08. The first kappa shape index (κ1) is 53.5. The molecule has 21 nitrogen and oxygen atoms in total. The maximum atomic E-state index is 13.2. The van der Waals surface area contributed by atoms with Crippen molar-refractivity contribution in [1.82, 2.24) is 25.4 Å². The molecule has 6 amide bonds. The number of methoxy groups -OCH3 is 2. The summed E-state index contributed by atoms with van der Waals surface area (Å²) in [5.41, 5.74) is 2.50. The molecular formula is C50H56N6O15S. The van der Waals surface area contributed by atoms with Gasteiger partial charge in [0.25, 0.3) is 17.7 Å². The Morgan fingerprint density at radius 2 is 1.51 bits per heavy atom. The van der Waals surface area contributed by atoms with E-state index in [-0.39, 0.29) is 113 Å². The largest absolute Gasteiger partial charge is 0.493 e. The summed E-state index contributed by atoms with van der Waals surface area (Å²) < 4.78 is 29.2. The molecule has 4 aromatic rings. The van der Waals surface area contributed by atoms with E-state index in [1.54, 1.807) is 53.4 Å². The zero-order chi connectivity index (χ0) is 51.7. The summed E-state index contributed by atoms with van der Waals surface area (Å²) in [6.45, 7) is 2.38. The van der Waals surface area contributed by atoms with Gasteiger partial charge < -0.3 is 49.6 Å². The Kier molecular flexibility index (Phi) is 19.2. The lowest BCUT2D eigenvalue weighted by molar-refractivity contribution is -0.147. The zero-order valence-corrected chi connectivity index (χ0v) is 40.9. The number of ether oxygens (including phenoxy) is 5. The lowest BCUT2D eigenvalue weighted by atomic mass is 10.1. The highest BCUT2D eigenvalue weighted by Gasteiger charge is 2.28. The molecule has 0 saturated heterocycles.